The van der Waals surface area contributed by atoms with Crippen LogP contribution < -0.4 is 0 Å². The molecule has 9 heteroatoms. The zero-order valence-electron chi connectivity index (χ0n) is 7.27. The first-order valence-electron chi connectivity index (χ1n) is 3.89. The van der Waals surface area contributed by atoms with Gasteiger partial charge in [0, 0.05) is 11.8 Å². The zero-order valence-corrected chi connectivity index (χ0v) is 8.78. The maximum absolute atomic E-state index is 5.56. The molecule has 0 aliphatic rings. The summed E-state index contributed by atoms with van der Waals surface area (Å²) in [5.41, 5.74) is 0. The maximum atomic E-state index is 5.56. The SMILES string of the molecule is ClCCN(CCCl)N=Nc1nn[nH]n1. The van der Waals surface area contributed by atoms with Gasteiger partial charge in [-0.15, -0.1) is 28.3 Å². The summed E-state index contributed by atoms with van der Waals surface area (Å²) in [6.07, 6.45) is 0. The average Bonchev–Trinajstić information content (AvgIpc) is 2.67. The number of nitrogens with zero attached hydrogens (tertiary/aromatic N) is 6. The molecule has 0 aliphatic heterocycles. The molecule has 0 amide bonds. The van der Waals surface area contributed by atoms with Gasteiger partial charge in [0.05, 0.1) is 13.1 Å². The molecule has 0 saturated heterocycles. The van der Waals surface area contributed by atoms with Gasteiger partial charge in [-0.25, -0.2) is 0 Å². The topological polar surface area (TPSA) is 82.4 Å². The molecule has 7 nitrogen and oxygen atoms in total. The first kappa shape index (κ1) is 11.1. The van der Waals surface area contributed by atoms with Crippen LogP contribution in [0, 0.1) is 0 Å². The number of nitrogens with one attached hydrogen (secondary N) is 1. The summed E-state index contributed by atoms with van der Waals surface area (Å²) in [7, 11) is 0. The van der Waals surface area contributed by atoms with Crippen molar-refractivity contribution in [3.05, 3.63) is 0 Å². The van der Waals surface area contributed by atoms with Crippen LogP contribution in [0.15, 0.2) is 10.3 Å². The lowest BCUT2D eigenvalue weighted by molar-refractivity contribution is 0.303. The summed E-state index contributed by atoms with van der Waals surface area (Å²) in [6, 6.07) is 0. The van der Waals surface area contributed by atoms with Gasteiger partial charge < -0.3 is 0 Å². The lowest BCUT2D eigenvalue weighted by Gasteiger charge is -2.13. The van der Waals surface area contributed by atoms with E-state index in [2.05, 4.69) is 31.0 Å². The van der Waals surface area contributed by atoms with Crippen LogP contribution >= 0.6 is 23.2 Å². The monoisotopic (exact) mass is 237 g/mol. The Morgan fingerprint density at radius 1 is 1.29 bits per heavy atom. The summed E-state index contributed by atoms with van der Waals surface area (Å²) < 4.78 is 0. The average molecular weight is 238 g/mol. The second-order valence-corrected chi connectivity index (χ2v) is 2.99. The van der Waals surface area contributed by atoms with E-state index >= 15 is 0 Å². The smallest absolute Gasteiger partial charge is 0.276 e. The first-order chi connectivity index (χ1) is 6.86. The van der Waals surface area contributed by atoms with Crippen LogP contribution in [0.4, 0.5) is 5.95 Å². The minimum absolute atomic E-state index is 0.180. The summed E-state index contributed by atoms with van der Waals surface area (Å²) in [6.45, 7) is 1.16. The Morgan fingerprint density at radius 3 is 2.50 bits per heavy atom. The Kier molecular flexibility index (Phi) is 5.16. The summed E-state index contributed by atoms with van der Waals surface area (Å²) >= 11 is 11.1. The Bertz CT molecular complexity index is 255. The van der Waals surface area contributed by atoms with Crippen LogP contribution in [-0.4, -0.2) is 50.5 Å². The van der Waals surface area contributed by atoms with Crippen molar-refractivity contribution >= 4 is 29.2 Å². The lowest BCUT2D eigenvalue weighted by atomic mass is 10.6. The molecule has 78 valence electrons. The fraction of sp³-hybridized carbons (Fsp3) is 0.800. The van der Waals surface area contributed by atoms with Crippen molar-refractivity contribution in [3.63, 3.8) is 0 Å². The number of rotatable bonds is 6. The number of hydrogen-bond acceptors (Lipinski definition) is 5. The predicted molar refractivity (Wildman–Crippen MR) is 51.7 cm³/mol. The second kappa shape index (κ2) is 6.50. The maximum Gasteiger partial charge on any atom is 0.309 e. The van der Waals surface area contributed by atoms with Crippen LogP contribution in [0.3, 0.4) is 0 Å². The van der Waals surface area contributed by atoms with Crippen molar-refractivity contribution in [1.29, 1.82) is 0 Å². The lowest BCUT2D eigenvalue weighted by Crippen LogP contribution is -2.21. The van der Waals surface area contributed by atoms with E-state index in [0.717, 1.165) is 0 Å². The largest absolute Gasteiger partial charge is 0.309 e. The van der Waals surface area contributed by atoms with Crippen LogP contribution in [0.1, 0.15) is 0 Å². The van der Waals surface area contributed by atoms with E-state index in [1.54, 1.807) is 5.01 Å². The number of H-pyrrole nitrogens is 1. The molecule has 0 aromatic carbocycles. The third kappa shape index (κ3) is 3.84. The highest BCUT2D eigenvalue weighted by molar-refractivity contribution is 6.18. The van der Waals surface area contributed by atoms with E-state index in [0.29, 0.717) is 24.8 Å². The van der Waals surface area contributed by atoms with Crippen molar-refractivity contribution in [2.75, 3.05) is 24.8 Å². The molecule has 0 unspecified atom stereocenters. The van der Waals surface area contributed by atoms with Crippen LogP contribution in [0.25, 0.3) is 0 Å². The van der Waals surface area contributed by atoms with Gasteiger partial charge in [-0.3, -0.25) is 5.01 Å². The molecule has 0 spiro atoms. The van der Waals surface area contributed by atoms with Crippen LogP contribution in [0.2, 0.25) is 0 Å². The number of hydrogen-bond donors (Lipinski definition) is 1. The van der Waals surface area contributed by atoms with Crippen molar-refractivity contribution in [2.24, 2.45) is 10.3 Å². The molecule has 1 aromatic heterocycles. The number of aromatic nitrogens is 4. The van der Waals surface area contributed by atoms with Crippen molar-refractivity contribution in [3.8, 4) is 0 Å². The van der Waals surface area contributed by atoms with Crippen LogP contribution in [0.5, 0.6) is 0 Å². The van der Waals surface area contributed by atoms with Gasteiger partial charge in [0.1, 0.15) is 0 Å². The molecule has 0 aliphatic carbocycles. The number of tetrazole rings is 1. The molecule has 1 heterocycles. The first-order valence-corrected chi connectivity index (χ1v) is 4.95. The number of alkyl halides is 2. The van der Waals surface area contributed by atoms with Crippen molar-refractivity contribution < 1.29 is 0 Å². The van der Waals surface area contributed by atoms with E-state index in [9.17, 15) is 0 Å². The molecular formula is C5H9Cl2N7. The van der Waals surface area contributed by atoms with E-state index in [-0.39, 0.29) is 5.95 Å². The second-order valence-electron chi connectivity index (χ2n) is 2.23. The molecule has 0 fully saturated rings. The minimum atomic E-state index is 0.180. The van der Waals surface area contributed by atoms with Crippen molar-refractivity contribution in [2.45, 2.75) is 0 Å². The fourth-order valence-corrected chi connectivity index (χ4v) is 1.09. The Balaban J connectivity index is 2.45. The number of halogens is 2. The standard InChI is InChI=1S/C5H9Cl2N7/c6-1-3-14(4-2-7)13-10-5-8-11-12-9-5/h1-4H2,(H,8,9,11,12). The van der Waals surface area contributed by atoms with Crippen LogP contribution in [-0.2, 0) is 0 Å². The third-order valence-electron chi connectivity index (χ3n) is 1.28. The van der Waals surface area contributed by atoms with E-state index in [1.807, 2.05) is 0 Å². The highest BCUT2D eigenvalue weighted by atomic mass is 35.5. The Labute approximate surface area is 90.4 Å². The summed E-state index contributed by atoms with van der Waals surface area (Å²) in [4.78, 5) is 0. The van der Waals surface area contributed by atoms with Gasteiger partial charge in [0.2, 0.25) is 0 Å². The van der Waals surface area contributed by atoms with E-state index in [1.165, 1.54) is 0 Å². The van der Waals surface area contributed by atoms with Crippen molar-refractivity contribution in [1.82, 2.24) is 25.6 Å². The zero-order chi connectivity index (χ0) is 10.2. The molecule has 1 N–H and O–H groups in total. The normalized spacial score (nSPS) is 11.0. The van der Waals surface area contributed by atoms with Gasteiger partial charge in [-0.1, -0.05) is 15.4 Å². The van der Waals surface area contributed by atoms with E-state index in [4.69, 9.17) is 23.2 Å². The molecule has 14 heavy (non-hydrogen) atoms. The highest BCUT2D eigenvalue weighted by Crippen LogP contribution is 2.01. The summed E-state index contributed by atoms with van der Waals surface area (Å²) in [5.74, 6) is 1.10. The van der Waals surface area contributed by atoms with E-state index < -0.39 is 0 Å². The predicted octanol–water partition coefficient (Wildman–Crippen LogP) is 0.978. The van der Waals surface area contributed by atoms with Gasteiger partial charge in [0.25, 0.3) is 0 Å². The molecular weight excluding hydrogens is 229 g/mol. The van der Waals surface area contributed by atoms with Gasteiger partial charge in [0.15, 0.2) is 0 Å². The molecule has 1 aromatic rings. The minimum Gasteiger partial charge on any atom is -0.276 e. The molecule has 0 bridgehead atoms. The van der Waals surface area contributed by atoms with Gasteiger partial charge in [-0.2, -0.15) is 5.21 Å². The molecule has 1 rings (SSSR count). The molecule has 0 saturated carbocycles. The summed E-state index contributed by atoms with van der Waals surface area (Å²) in [5, 5.41) is 22.0. The van der Waals surface area contributed by atoms with Gasteiger partial charge in [-0.05, 0) is 5.21 Å². The fourth-order valence-electron chi connectivity index (χ4n) is 0.698. The Morgan fingerprint density at radius 2 is 2.00 bits per heavy atom. The highest BCUT2D eigenvalue weighted by Gasteiger charge is 2.00. The molecule has 0 atom stereocenters. The van der Waals surface area contributed by atoms with Gasteiger partial charge >= 0.3 is 5.95 Å². The molecule has 0 radical (unpaired) electrons. The Hall–Kier alpha value is -0.950. The quantitative estimate of drug-likeness (QED) is 0.455. The third-order valence-corrected chi connectivity index (χ3v) is 1.62. The number of aromatic amines is 1.